The largest absolute Gasteiger partial charge is 0.396 e. The maximum Gasteiger partial charge on any atom is 0.277 e. The van der Waals surface area contributed by atoms with Crippen molar-refractivity contribution in [3.63, 3.8) is 0 Å². The first kappa shape index (κ1) is 14.9. The molecular weight excluding hydrogens is 289 g/mol. The SMILES string of the molecule is Cc1cccc2nc(C(=O)N3CCC(CO)C(O)C3)c(F)n12. The molecule has 7 heteroatoms. The van der Waals surface area contributed by atoms with Gasteiger partial charge in [0.05, 0.1) is 6.10 Å². The summed E-state index contributed by atoms with van der Waals surface area (Å²) in [5, 5.41) is 19.0. The van der Waals surface area contributed by atoms with Crippen molar-refractivity contribution in [1.82, 2.24) is 14.3 Å². The summed E-state index contributed by atoms with van der Waals surface area (Å²) in [7, 11) is 0. The van der Waals surface area contributed by atoms with Crippen LogP contribution in [0.1, 0.15) is 22.6 Å². The van der Waals surface area contributed by atoms with Crippen molar-refractivity contribution in [2.24, 2.45) is 5.92 Å². The third kappa shape index (κ3) is 2.36. The highest BCUT2D eigenvalue weighted by Gasteiger charge is 2.32. The fourth-order valence-electron chi connectivity index (χ4n) is 2.88. The lowest BCUT2D eigenvalue weighted by atomic mass is 9.94. The zero-order valence-corrected chi connectivity index (χ0v) is 12.2. The highest BCUT2D eigenvalue weighted by atomic mass is 19.1. The summed E-state index contributed by atoms with van der Waals surface area (Å²) in [5.74, 6) is -1.45. The molecule has 0 aromatic carbocycles. The van der Waals surface area contributed by atoms with Crippen molar-refractivity contribution in [3.05, 3.63) is 35.5 Å². The molecule has 1 aliphatic rings. The van der Waals surface area contributed by atoms with E-state index in [0.717, 1.165) is 0 Å². The van der Waals surface area contributed by atoms with E-state index in [2.05, 4.69) is 4.98 Å². The predicted octanol–water partition coefficient (Wildman–Crippen LogP) is 0.597. The van der Waals surface area contributed by atoms with Gasteiger partial charge in [0.1, 0.15) is 5.65 Å². The smallest absolute Gasteiger partial charge is 0.277 e. The van der Waals surface area contributed by atoms with Crippen LogP contribution in [0.5, 0.6) is 0 Å². The number of nitrogens with zero attached hydrogens (tertiary/aromatic N) is 3. The van der Waals surface area contributed by atoms with Crippen LogP contribution in [0, 0.1) is 18.8 Å². The first-order valence-corrected chi connectivity index (χ1v) is 7.24. The second-order valence-electron chi connectivity index (χ2n) is 5.66. The van der Waals surface area contributed by atoms with E-state index < -0.39 is 18.0 Å². The van der Waals surface area contributed by atoms with Crippen molar-refractivity contribution >= 4 is 11.6 Å². The van der Waals surface area contributed by atoms with Crippen LogP contribution in [0.2, 0.25) is 0 Å². The number of amides is 1. The van der Waals surface area contributed by atoms with Crippen molar-refractivity contribution < 1.29 is 19.4 Å². The highest BCUT2D eigenvalue weighted by Crippen LogP contribution is 2.21. The molecule has 3 rings (SSSR count). The Hall–Kier alpha value is -1.99. The van der Waals surface area contributed by atoms with Crippen LogP contribution in [0.25, 0.3) is 5.65 Å². The van der Waals surface area contributed by atoms with Gasteiger partial charge >= 0.3 is 0 Å². The highest BCUT2D eigenvalue weighted by molar-refractivity contribution is 5.93. The Morgan fingerprint density at radius 2 is 2.27 bits per heavy atom. The van der Waals surface area contributed by atoms with Gasteiger partial charge in [-0.05, 0) is 25.5 Å². The lowest BCUT2D eigenvalue weighted by molar-refractivity contribution is 0.000484. The molecule has 1 aliphatic heterocycles. The summed E-state index contributed by atoms with van der Waals surface area (Å²) in [5.41, 5.74) is 0.802. The minimum Gasteiger partial charge on any atom is -0.396 e. The van der Waals surface area contributed by atoms with Gasteiger partial charge in [0, 0.05) is 31.3 Å². The van der Waals surface area contributed by atoms with Gasteiger partial charge in [-0.2, -0.15) is 4.39 Å². The number of aromatic nitrogens is 2. The normalized spacial score (nSPS) is 22.3. The quantitative estimate of drug-likeness (QED) is 0.851. The third-order valence-corrected chi connectivity index (χ3v) is 4.23. The number of β-amino-alcohol motifs (C(OH)–C–C–N with tert-alkyl or cyclic N) is 1. The number of carbonyl (C=O) groups excluding carboxylic acids is 1. The van der Waals surface area contributed by atoms with Crippen molar-refractivity contribution in [2.45, 2.75) is 19.4 Å². The number of halogens is 1. The molecule has 2 aromatic heterocycles. The van der Waals surface area contributed by atoms with Gasteiger partial charge in [-0.15, -0.1) is 0 Å². The van der Waals surface area contributed by atoms with E-state index >= 15 is 0 Å². The number of aliphatic hydroxyl groups is 2. The number of aryl methyl sites for hydroxylation is 1. The average Bonchev–Trinajstić information content (AvgIpc) is 2.85. The second kappa shape index (κ2) is 5.66. The van der Waals surface area contributed by atoms with Crippen LogP contribution >= 0.6 is 0 Å². The molecule has 2 atom stereocenters. The monoisotopic (exact) mass is 307 g/mol. The van der Waals surface area contributed by atoms with Gasteiger partial charge in [-0.1, -0.05) is 6.07 Å². The summed E-state index contributed by atoms with van der Waals surface area (Å²) in [6.07, 6.45) is -0.318. The summed E-state index contributed by atoms with van der Waals surface area (Å²) < 4.78 is 15.8. The van der Waals surface area contributed by atoms with Crippen LogP contribution in [-0.2, 0) is 0 Å². The maximum absolute atomic E-state index is 14.5. The van der Waals surface area contributed by atoms with E-state index in [9.17, 15) is 14.3 Å². The summed E-state index contributed by atoms with van der Waals surface area (Å²) >= 11 is 0. The van der Waals surface area contributed by atoms with E-state index in [4.69, 9.17) is 5.11 Å². The fraction of sp³-hybridized carbons (Fsp3) is 0.467. The zero-order chi connectivity index (χ0) is 15.9. The Morgan fingerprint density at radius 1 is 1.50 bits per heavy atom. The molecule has 118 valence electrons. The third-order valence-electron chi connectivity index (χ3n) is 4.23. The number of imidazole rings is 1. The summed E-state index contributed by atoms with van der Waals surface area (Å²) in [6.45, 7) is 2.07. The zero-order valence-electron chi connectivity index (χ0n) is 12.2. The molecule has 6 nitrogen and oxygen atoms in total. The number of pyridine rings is 1. The summed E-state index contributed by atoms with van der Waals surface area (Å²) in [4.78, 5) is 17.9. The van der Waals surface area contributed by atoms with Crippen LogP contribution in [-0.4, -0.2) is 56.2 Å². The van der Waals surface area contributed by atoms with E-state index in [-0.39, 0.29) is 24.8 Å². The Morgan fingerprint density at radius 3 is 2.91 bits per heavy atom. The van der Waals surface area contributed by atoms with E-state index in [1.807, 2.05) is 0 Å². The van der Waals surface area contributed by atoms with Crippen molar-refractivity contribution in [1.29, 1.82) is 0 Å². The number of hydrogen-bond acceptors (Lipinski definition) is 4. The molecule has 0 aliphatic carbocycles. The average molecular weight is 307 g/mol. The molecule has 1 fully saturated rings. The minimum absolute atomic E-state index is 0.0797. The van der Waals surface area contributed by atoms with Crippen molar-refractivity contribution in [3.8, 4) is 0 Å². The number of carbonyl (C=O) groups is 1. The fourth-order valence-corrected chi connectivity index (χ4v) is 2.88. The number of fused-ring (bicyclic) bond motifs is 1. The molecule has 2 aromatic rings. The Kier molecular flexibility index (Phi) is 3.84. The topological polar surface area (TPSA) is 78.1 Å². The first-order chi connectivity index (χ1) is 10.5. The molecule has 0 spiro atoms. The molecule has 2 unspecified atom stereocenters. The van der Waals surface area contributed by atoms with Crippen LogP contribution in [0.3, 0.4) is 0 Å². The van der Waals surface area contributed by atoms with E-state index in [1.165, 1.54) is 9.30 Å². The van der Waals surface area contributed by atoms with Gasteiger partial charge in [0.2, 0.25) is 5.95 Å². The van der Waals surface area contributed by atoms with Crippen LogP contribution in [0.4, 0.5) is 4.39 Å². The van der Waals surface area contributed by atoms with Gasteiger partial charge in [-0.3, -0.25) is 9.20 Å². The van der Waals surface area contributed by atoms with E-state index in [0.29, 0.717) is 24.3 Å². The Labute approximate surface area is 126 Å². The molecule has 0 bridgehead atoms. The minimum atomic E-state index is -0.801. The molecule has 22 heavy (non-hydrogen) atoms. The number of likely N-dealkylation sites (tertiary alicyclic amines) is 1. The molecule has 0 saturated carbocycles. The maximum atomic E-state index is 14.5. The molecular formula is C15H18FN3O3. The number of piperidine rings is 1. The molecule has 3 heterocycles. The van der Waals surface area contributed by atoms with Crippen molar-refractivity contribution in [2.75, 3.05) is 19.7 Å². The molecule has 2 N–H and O–H groups in total. The number of aliphatic hydroxyl groups excluding tert-OH is 2. The Balaban J connectivity index is 1.90. The van der Waals surface area contributed by atoms with Crippen LogP contribution in [0.15, 0.2) is 18.2 Å². The van der Waals surface area contributed by atoms with Gasteiger partial charge in [0.15, 0.2) is 5.69 Å². The number of rotatable bonds is 2. The molecule has 0 radical (unpaired) electrons. The van der Waals surface area contributed by atoms with Gasteiger partial charge in [-0.25, -0.2) is 4.98 Å². The second-order valence-corrected chi connectivity index (χ2v) is 5.66. The van der Waals surface area contributed by atoms with Crippen LogP contribution < -0.4 is 0 Å². The standard InChI is InChI=1S/C15H18FN3O3/c1-9-3-2-4-12-17-13(14(16)19(9)12)15(22)18-6-5-10(8-20)11(21)7-18/h2-4,10-11,20-21H,5-8H2,1H3. The first-order valence-electron chi connectivity index (χ1n) is 7.24. The van der Waals surface area contributed by atoms with Gasteiger partial charge < -0.3 is 15.1 Å². The predicted molar refractivity (Wildman–Crippen MR) is 77.0 cm³/mol. The molecule has 1 saturated heterocycles. The number of hydrogen-bond donors (Lipinski definition) is 2. The summed E-state index contributed by atoms with van der Waals surface area (Å²) in [6, 6.07) is 5.13. The molecule has 1 amide bonds. The lowest BCUT2D eigenvalue weighted by Gasteiger charge is -2.34. The lowest BCUT2D eigenvalue weighted by Crippen LogP contribution is -2.47. The van der Waals surface area contributed by atoms with Gasteiger partial charge in [0.25, 0.3) is 5.91 Å². The van der Waals surface area contributed by atoms with E-state index in [1.54, 1.807) is 25.1 Å². The Bertz CT molecular complexity index is 715.